The Kier molecular flexibility index (Phi) is 5.97. The lowest BCUT2D eigenvalue weighted by molar-refractivity contribution is 0.0919. The van der Waals surface area contributed by atoms with E-state index in [2.05, 4.69) is 20.8 Å². The van der Waals surface area contributed by atoms with E-state index in [4.69, 9.17) is 0 Å². The van der Waals surface area contributed by atoms with E-state index in [0.29, 0.717) is 5.56 Å². The number of sulfonamides is 1. The maximum Gasteiger partial charge on any atom is 0.243 e. The van der Waals surface area contributed by atoms with Crippen LogP contribution in [-0.2, 0) is 15.4 Å². The minimum absolute atomic E-state index is 0.0548. The van der Waals surface area contributed by atoms with Crippen LogP contribution in [0, 0.1) is 13.8 Å². The molecule has 0 bridgehead atoms. The van der Waals surface area contributed by atoms with Crippen LogP contribution in [-0.4, -0.2) is 31.6 Å². The van der Waals surface area contributed by atoms with Gasteiger partial charge in [0.1, 0.15) is 0 Å². The van der Waals surface area contributed by atoms with Crippen LogP contribution in [0.2, 0.25) is 0 Å². The van der Waals surface area contributed by atoms with Gasteiger partial charge in [0.15, 0.2) is 5.78 Å². The lowest BCUT2D eigenvalue weighted by Gasteiger charge is -2.24. The predicted molar refractivity (Wildman–Crippen MR) is 110 cm³/mol. The average Bonchev–Trinajstić information content (AvgIpc) is 2.61. The van der Waals surface area contributed by atoms with Crippen molar-refractivity contribution in [2.75, 3.05) is 7.05 Å². The minimum Gasteiger partial charge on any atom is -0.292 e. The van der Waals surface area contributed by atoms with E-state index < -0.39 is 16.1 Å². The first kappa shape index (κ1) is 21.3. The second kappa shape index (κ2) is 7.56. The Morgan fingerprint density at radius 1 is 0.963 bits per heavy atom. The maximum absolute atomic E-state index is 13.0. The third-order valence-corrected chi connectivity index (χ3v) is 7.06. The second-order valence-corrected chi connectivity index (χ2v) is 10.1. The standard InChI is InChI=1S/C22H29NO3S/c1-15-8-9-18(14-16(15)2)21(24)17(3)23(7)27(25,26)20-12-10-19(11-13-20)22(4,5)6/h8-14,17H,1-7H3. The first-order valence-corrected chi connectivity index (χ1v) is 10.5. The van der Waals surface area contributed by atoms with Crippen LogP contribution in [0.25, 0.3) is 0 Å². The van der Waals surface area contributed by atoms with E-state index in [1.807, 2.05) is 38.1 Å². The summed E-state index contributed by atoms with van der Waals surface area (Å²) < 4.78 is 27.1. The van der Waals surface area contributed by atoms with Gasteiger partial charge in [-0.25, -0.2) is 8.42 Å². The van der Waals surface area contributed by atoms with Gasteiger partial charge in [-0.2, -0.15) is 4.31 Å². The molecule has 4 nitrogen and oxygen atoms in total. The topological polar surface area (TPSA) is 54.5 Å². The lowest BCUT2D eigenvalue weighted by Crippen LogP contribution is -2.40. The summed E-state index contributed by atoms with van der Waals surface area (Å²) in [6.45, 7) is 11.8. The van der Waals surface area contributed by atoms with Crippen molar-refractivity contribution in [2.45, 2.75) is 57.9 Å². The van der Waals surface area contributed by atoms with E-state index in [0.717, 1.165) is 21.0 Å². The smallest absolute Gasteiger partial charge is 0.243 e. The van der Waals surface area contributed by atoms with Crippen molar-refractivity contribution in [3.05, 3.63) is 64.7 Å². The molecule has 0 spiro atoms. The number of aryl methyl sites for hydroxylation is 2. The number of carbonyl (C=O) groups is 1. The molecule has 27 heavy (non-hydrogen) atoms. The van der Waals surface area contributed by atoms with E-state index in [-0.39, 0.29) is 16.1 Å². The Hall–Kier alpha value is -1.98. The summed E-state index contributed by atoms with van der Waals surface area (Å²) in [6.07, 6.45) is 0. The van der Waals surface area contributed by atoms with Gasteiger partial charge >= 0.3 is 0 Å². The number of ketones is 1. The molecule has 0 radical (unpaired) electrons. The van der Waals surface area contributed by atoms with Crippen molar-refractivity contribution >= 4 is 15.8 Å². The molecule has 0 aromatic heterocycles. The molecule has 0 heterocycles. The van der Waals surface area contributed by atoms with Crippen LogP contribution in [0.5, 0.6) is 0 Å². The number of nitrogens with zero attached hydrogens (tertiary/aromatic N) is 1. The molecule has 0 aliphatic carbocycles. The molecule has 0 aliphatic heterocycles. The van der Waals surface area contributed by atoms with Gasteiger partial charge in [0.2, 0.25) is 10.0 Å². The number of rotatable bonds is 5. The molecule has 0 fully saturated rings. The van der Waals surface area contributed by atoms with Crippen molar-refractivity contribution < 1.29 is 13.2 Å². The third kappa shape index (κ3) is 4.47. The van der Waals surface area contributed by atoms with Gasteiger partial charge in [-0.1, -0.05) is 45.0 Å². The SMILES string of the molecule is Cc1ccc(C(=O)C(C)N(C)S(=O)(=O)c2ccc(C(C)(C)C)cc2)cc1C. The summed E-state index contributed by atoms with van der Waals surface area (Å²) in [5.41, 5.74) is 3.63. The van der Waals surface area contributed by atoms with Crippen molar-refractivity contribution in [1.29, 1.82) is 0 Å². The predicted octanol–water partition coefficient (Wildman–Crippen LogP) is 4.49. The van der Waals surface area contributed by atoms with Crippen LogP contribution in [0.3, 0.4) is 0 Å². The van der Waals surface area contributed by atoms with Crippen molar-refractivity contribution in [1.82, 2.24) is 4.31 Å². The van der Waals surface area contributed by atoms with E-state index in [9.17, 15) is 13.2 Å². The zero-order valence-electron chi connectivity index (χ0n) is 17.2. The molecule has 0 N–H and O–H groups in total. The van der Waals surface area contributed by atoms with Crippen LogP contribution in [0.15, 0.2) is 47.4 Å². The fourth-order valence-corrected chi connectivity index (χ4v) is 4.13. The number of carbonyl (C=O) groups excluding carboxylic acids is 1. The summed E-state index contributed by atoms with van der Waals surface area (Å²) in [5, 5.41) is 0. The highest BCUT2D eigenvalue weighted by Gasteiger charge is 2.30. The molecular weight excluding hydrogens is 358 g/mol. The Morgan fingerprint density at radius 2 is 1.52 bits per heavy atom. The van der Waals surface area contributed by atoms with Gasteiger partial charge in [0, 0.05) is 12.6 Å². The van der Waals surface area contributed by atoms with Crippen LogP contribution in [0.1, 0.15) is 54.7 Å². The monoisotopic (exact) mass is 387 g/mol. The molecule has 146 valence electrons. The summed E-state index contributed by atoms with van der Waals surface area (Å²) >= 11 is 0. The van der Waals surface area contributed by atoms with Crippen LogP contribution < -0.4 is 0 Å². The van der Waals surface area contributed by atoms with Gasteiger partial charge in [-0.15, -0.1) is 0 Å². The highest BCUT2D eigenvalue weighted by Crippen LogP contribution is 2.25. The molecule has 1 atom stereocenters. The molecule has 1 unspecified atom stereocenters. The fraction of sp³-hybridized carbons (Fsp3) is 0.409. The van der Waals surface area contributed by atoms with E-state index in [1.165, 1.54) is 7.05 Å². The number of hydrogen-bond acceptors (Lipinski definition) is 3. The fourth-order valence-electron chi connectivity index (χ4n) is 2.80. The Balaban J connectivity index is 2.29. The molecule has 5 heteroatoms. The Morgan fingerprint density at radius 3 is 2.00 bits per heavy atom. The molecule has 2 aromatic rings. The molecule has 0 aliphatic rings. The Labute approximate surface area is 163 Å². The zero-order chi connectivity index (χ0) is 20.6. The quantitative estimate of drug-likeness (QED) is 0.710. The molecule has 0 saturated heterocycles. The molecule has 0 amide bonds. The molecule has 0 saturated carbocycles. The van der Waals surface area contributed by atoms with Gasteiger partial charge < -0.3 is 0 Å². The molecule has 2 aromatic carbocycles. The highest BCUT2D eigenvalue weighted by atomic mass is 32.2. The van der Waals surface area contributed by atoms with E-state index in [1.54, 1.807) is 25.1 Å². The largest absolute Gasteiger partial charge is 0.292 e. The van der Waals surface area contributed by atoms with Crippen molar-refractivity contribution in [3.63, 3.8) is 0 Å². The van der Waals surface area contributed by atoms with Gasteiger partial charge in [-0.05, 0) is 61.1 Å². The van der Waals surface area contributed by atoms with E-state index >= 15 is 0 Å². The summed E-state index contributed by atoms with van der Waals surface area (Å²) in [4.78, 5) is 13.0. The number of hydrogen-bond donors (Lipinski definition) is 0. The summed E-state index contributed by atoms with van der Waals surface area (Å²) in [6, 6.07) is 11.5. The number of likely N-dealkylation sites (N-methyl/N-ethyl adjacent to an activating group) is 1. The number of Topliss-reactive ketones (excluding diaryl/α,β-unsaturated/α-hetero) is 1. The van der Waals surface area contributed by atoms with Crippen molar-refractivity contribution in [2.24, 2.45) is 0 Å². The zero-order valence-corrected chi connectivity index (χ0v) is 18.0. The van der Waals surface area contributed by atoms with Gasteiger partial charge in [0.05, 0.1) is 10.9 Å². The lowest BCUT2D eigenvalue weighted by atomic mass is 9.87. The van der Waals surface area contributed by atoms with Crippen LogP contribution >= 0.6 is 0 Å². The maximum atomic E-state index is 13.0. The average molecular weight is 388 g/mol. The Bertz CT molecular complexity index is 939. The highest BCUT2D eigenvalue weighted by molar-refractivity contribution is 7.89. The molecular formula is C22H29NO3S. The van der Waals surface area contributed by atoms with Crippen LogP contribution in [0.4, 0.5) is 0 Å². The first-order valence-electron chi connectivity index (χ1n) is 9.05. The first-order chi connectivity index (χ1) is 12.4. The van der Waals surface area contributed by atoms with Crippen molar-refractivity contribution in [3.8, 4) is 0 Å². The van der Waals surface area contributed by atoms with Gasteiger partial charge in [0.25, 0.3) is 0 Å². The minimum atomic E-state index is -3.76. The summed E-state index contributed by atoms with van der Waals surface area (Å²) in [7, 11) is -2.30. The summed E-state index contributed by atoms with van der Waals surface area (Å²) in [5.74, 6) is -0.213. The third-order valence-electron chi connectivity index (χ3n) is 5.11. The number of benzene rings is 2. The normalized spacial score (nSPS) is 13.6. The molecule has 2 rings (SSSR count). The second-order valence-electron chi connectivity index (χ2n) is 8.13. The van der Waals surface area contributed by atoms with Gasteiger partial charge in [-0.3, -0.25) is 4.79 Å².